The lowest BCUT2D eigenvalue weighted by atomic mass is 9.85. The van der Waals surface area contributed by atoms with E-state index in [0.29, 0.717) is 19.0 Å². The summed E-state index contributed by atoms with van der Waals surface area (Å²) < 4.78 is 0. The van der Waals surface area contributed by atoms with E-state index in [0.717, 1.165) is 30.5 Å². The van der Waals surface area contributed by atoms with Gasteiger partial charge < -0.3 is 10.2 Å². The average Bonchev–Trinajstić information content (AvgIpc) is 2.41. The van der Waals surface area contributed by atoms with Crippen LogP contribution in [0.25, 0.3) is 0 Å². The molecule has 0 heterocycles. The molecule has 1 aliphatic carbocycles. The van der Waals surface area contributed by atoms with E-state index in [4.69, 9.17) is 0 Å². The summed E-state index contributed by atoms with van der Waals surface area (Å²) in [5, 5.41) is 2.96. The first-order valence-electron chi connectivity index (χ1n) is 8.15. The van der Waals surface area contributed by atoms with Crippen molar-refractivity contribution in [1.29, 1.82) is 0 Å². The number of nitrogens with zero attached hydrogens (tertiary/aromatic N) is 1. The van der Waals surface area contributed by atoms with Gasteiger partial charge in [0, 0.05) is 31.6 Å². The Hall–Kier alpha value is -1.84. The molecule has 4 nitrogen and oxygen atoms in total. The molecule has 0 saturated heterocycles. The van der Waals surface area contributed by atoms with E-state index < -0.39 is 0 Å². The van der Waals surface area contributed by atoms with E-state index in [1.807, 2.05) is 18.2 Å². The van der Waals surface area contributed by atoms with Crippen molar-refractivity contribution in [3.63, 3.8) is 0 Å². The van der Waals surface area contributed by atoms with Crippen molar-refractivity contribution in [3.05, 3.63) is 29.8 Å². The second-order valence-corrected chi connectivity index (χ2v) is 6.30. The Morgan fingerprint density at radius 1 is 1.27 bits per heavy atom. The highest BCUT2D eigenvalue weighted by Crippen LogP contribution is 2.28. The Bertz CT molecular complexity index is 536. The minimum Gasteiger partial charge on any atom is -0.354 e. The van der Waals surface area contributed by atoms with Crippen LogP contribution in [-0.4, -0.2) is 24.9 Å². The molecule has 1 saturated carbocycles. The lowest BCUT2D eigenvalue weighted by Gasteiger charge is -2.27. The number of rotatable bonds is 6. The van der Waals surface area contributed by atoms with Crippen LogP contribution in [0, 0.1) is 5.92 Å². The number of amides is 2. The van der Waals surface area contributed by atoms with Gasteiger partial charge in [0.15, 0.2) is 0 Å². The largest absolute Gasteiger partial charge is 0.354 e. The number of nitrogens with one attached hydrogen (secondary N) is 1. The summed E-state index contributed by atoms with van der Waals surface area (Å²) in [4.78, 5) is 25.6. The predicted molar refractivity (Wildman–Crippen MR) is 88.9 cm³/mol. The van der Waals surface area contributed by atoms with Gasteiger partial charge in [0.2, 0.25) is 11.8 Å². The second kappa shape index (κ2) is 7.43. The van der Waals surface area contributed by atoms with Crippen LogP contribution >= 0.6 is 0 Å². The molecule has 2 rings (SSSR count). The van der Waals surface area contributed by atoms with Crippen LogP contribution in [0.15, 0.2) is 24.3 Å². The van der Waals surface area contributed by atoms with Gasteiger partial charge in [-0.25, -0.2) is 0 Å². The van der Waals surface area contributed by atoms with E-state index in [1.54, 1.807) is 11.8 Å². The number of benzene rings is 1. The van der Waals surface area contributed by atoms with E-state index in [1.165, 1.54) is 0 Å². The number of hydrogen-bond donors (Lipinski definition) is 1. The van der Waals surface area contributed by atoms with Gasteiger partial charge in [0.1, 0.15) is 0 Å². The van der Waals surface area contributed by atoms with Gasteiger partial charge in [-0.05, 0) is 30.4 Å². The van der Waals surface area contributed by atoms with Crippen LogP contribution in [0.1, 0.15) is 51.5 Å². The first-order valence-corrected chi connectivity index (χ1v) is 8.15. The molecule has 0 unspecified atom stereocenters. The zero-order valence-electron chi connectivity index (χ0n) is 13.8. The highest BCUT2D eigenvalue weighted by molar-refractivity contribution is 5.92. The monoisotopic (exact) mass is 302 g/mol. The summed E-state index contributed by atoms with van der Waals surface area (Å²) in [5.41, 5.74) is 2.10. The molecule has 1 fully saturated rings. The summed E-state index contributed by atoms with van der Waals surface area (Å²) in [5.74, 6) is 0.675. The lowest BCUT2D eigenvalue weighted by molar-refractivity contribution is -0.127. The first-order chi connectivity index (χ1) is 10.5. The summed E-state index contributed by atoms with van der Waals surface area (Å²) in [6.45, 7) is 6.83. The SMILES string of the molecule is CC(=O)N(CCNC(=O)C1CCC1)c1ccccc1C(C)C. The van der Waals surface area contributed by atoms with Gasteiger partial charge in [-0.2, -0.15) is 0 Å². The zero-order valence-corrected chi connectivity index (χ0v) is 13.8. The van der Waals surface area contributed by atoms with Crippen molar-refractivity contribution in [2.45, 2.75) is 46.0 Å². The van der Waals surface area contributed by atoms with Crippen molar-refractivity contribution < 1.29 is 9.59 Å². The smallest absolute Gasteiger partial charge is 0.223 e. The molecular formula is C18H26N2O2. The van der Waals surface area contributed by atoms with Gasteiger partial charge in [-0.15, -0.1) is 0 Å². The maximum Gasteiger partial charge on any atom is 0.223 e. The Morgan fingerprint density at radius 3 is 2.50 bits per heavy atom. The van der Waals surface area contributed by atoms with Crippen LogP contribution in [0.4, 0.5) is 5.69 Å². The third kappa shape index (κ3) is 3.87. The Morgan fingerprint density at radius 2 is 1.95 bits per heavy atom. The molecule has 1 aromatic carbocycles. The second-order valence-electron chi connectivity index (χ2n) is 6.30. The highest BCUT2D eigenvalue weighted by atomic mass is 16.2. The van der Waals surface area contributed by atoms with Crippen molar-refractivity contribution in [2.24, 2.45) is 5.92 Å². The molecule has 2 amide bonds. The molecular weight excluding hydrogens is 276 g/mol. The fourth-order valence-corrected chi connectivity index (χ4v) is 2.77. The van der Waals surface area contributed by atoms with Crippen LogP contribution in [0.5, 0.6) is 0 Å². The third-order valence-corrected chi connectivity index (χ3v) is 4.34. The van der Waals surface area contributed by atoms with Crippen LogP contribution in [0.2, 0.25) is 0 Å². The summed E-state index contributed by atoms with van der Waals surface area (Å²) >= 11 is 0. The van der Waals surface area contributed by atoms with Crippen LogP contribution in [0.3, 0.4) is 0 Å². The third-order valence-electron chi connectivity index (χ3n) is 4.34. The summed E-state index contributed by atoms with van der Waals surface area (Å²) in [6, 6.07) is 7.98. The number of carbonyl (C=O) groups excluding carboxylic acids is 2. The molecule has 0 aliphatic heterocycles. The first kappa shape index (κ1) is 16.5. The van der Waals surface area contributed by atoms with Crippen LogP contribution < -0.4 is 10.2 Å². The Labute approximate surface area is 132 Å². The van der Waals surface area contributed by atoms with Gasteiger partial charge in [-0.3, -0.25) is 9.59 Å². The average molecular weight is 302 g/mol. The summed E-state index contributed by atoms with van der Waals surface area (Å²) in [6.07, 6.45) is 3.15. The van der Waals surface area contributed by atoms with Crippen molar-refractivity contribution >= 4 is 17.5 Å². The molecule has 4 heteroatoms. The quantitative estimate of drug-likeness (QED) is 0.878. The molecule has 0 radical (unpaired) electrons. The molecule has 0 aromatic heterocycles. The minimum absolute atomic E-state index is 0.00555. The van der Waals surface area contributed by atoms with E-state index in [9.17, 15) is 9.59 Å². The van der Waals surface area contributed by atoms with Crippen LogP contribution in [-0.2, 0) is 9.59 Å². The number of hydrogen-bond acceptors (Lipinski definition) is 2. The maximum absolute atomic E-state index is 12.0. The molecule has 0 spiro atoms. The molecule has 1 aliphatic rings. The number of para-hydroxylation sites is 1. The lowest BCUT2D eigenvalue weighted by Crippen LogP contribution is -2.41. The van der Waals surface area contributed by atoms with Gasteiger partial charge >= 0.3 is 0 Å². The van der Waals surface area contributed by atoms with E-state index >= 15 is 0 Å². The predicted octanol–water partition coefficient (Wildman–Crippen LogP) is 3.08. The van der Waals surface area contributed by atoms with Gasteiger partial charge in [-0.1, -0.05) is 38.5 Å². The fraction of sp³-hybridized carbons (Fsp3) is 0.556. The van der Waals surface area contributed by atoms with E-state index in [-0.39, 0.29) is 17.7 Å². The minimum atomic E-state index is 0.00555. The molecule has 120 valence electrons. The number of anilines is 1. The van der Waals surface area contributed by atoms with E-state index in [2.05, 4.69) is 25.2 Å². The standard InChI is InChI=1S/C18H26N2O2/c1-13(2)16-9-4-5-10-17(16)20(14(3)21)12-11-19-18(22)15-7-6-8-15/h4-5,9-10,13,15H,6-8,11-12H2,1-3H3,(H,19,22). The topological polar surface area (TPSA) is 49.4 Å². The molecule has 0 atom stereocenters. The number of carbonyl (C=O) groups is 2. The molecule has 1 N–H and O–H groups in total. The molecule has 1 aromatic rings. The zero-order chi connectivity index (χ0) is 16.1. The highest BCUT2D eigenvalue weighted by Gasteiger charge is 2.25. The fourth-order valence-electron chi connectivity index (χ4n) is 2.77. The Balaban J connectivity index is 2.01. The summed E-state index contributed by atoms with van der Waals surface area (Å²) in [7, 11) is 0. The molecule has 22 heavy (non-hydrogen) atoms. The van der Waals surface area contributed by atoms with Gasteiger partial charge in [0.05, 0.1) is 0 Å². The van der Waals surface area contributed by atoms with Crippen molar-refractivity contribution in [1.82, 2.24) is 5.32 Å². The van der Waals surface area contributed by atoms with Crippen molar-refractivity contribution in [3.8, 4) is 0 Å². The maximum atomic E-state index is 12.0. The molecule has 0 bridgehead atoms. The van der Waals surface area contributed by atoms with Gasteiger partial charge in [0.25, 0.3) is 0 Å². The Kier molecular flexibility index (Phi) is 5.58. The van der Waals surface area contributed by atoms with Crippen molar-refractivity contribution in [2.75, 3.05) is 18.0 Å². The normalized spacial score (nSPS) is 14.5.